The second-order valence-corrected chi connectivity index (χ2v) is 9.28. The van der Waals surface area contributed by atoms with Gasteiger partial charge in [0.05, 0.1) is 53.0 Å². The Balaban J connectivity index is 1.36. The van der Waals surface area contributed by atoms with Crippen LogP contribution in [-0.4, -0.2) is 80.8 Å². The number of fused-ring (bicyclic) bond motifs is 1. The molecule has 2 saturated heterocycles. The van der Waals surface area contributed by atoms with Crippen LogP contribution in [0.4, 0.5) is 17.3 Å². The molecule has 0 saturated carbocycles. The maximum Gasteiger partial charge on any atom is 0.227 e. The summed E-state index contributed by atoms with van der Waals surface area (Å²) in [5.41, 5.74) is 2.04. The van der Waals surface area contributed by atoms with E-state index in [-0.39, 0.29) is 5.54 Å². The molecule has 5 rings (SSSR count). The van der Waals surface area contributed by atoms with Crippen molar-refractivity contribution in [3.63, 3.8) is 0 Å². The van der Waals surface area contributed by atoms with Crippen LogP contribution < -0.4 is 10.2 Å². The van der Waals surface area contributed by atoms with Gasteiger partial charge in [0.2, 0.25) is 5.95 Å². The number of aliphatic hydroxyl groups excluding tert-OH is 1. The summed E-state index contributed by atoms with van der Waals surface area (Å²) in [6.45, 7) is 6.27. The topological polar surface area (TPSA) is 91.6 Å². The molecule has 0 radical (unpaired) electrons. The van der Waals surface area contributed by atoms with Crippen molar-refractivity contribution in [3.8, 4) is 0 Å². The molecular weight excluding hydrogens is 453 g/mol. The molecule has 0 aliphatic carbocycles. The number of halogens is 2. The molecule has 4 heterocycles. The van der Waals surface area contributed by atoms with Crippen LogP contribution >= 0.6 is 23.2 Å². The highest BCUT2D eigenvalue weighted by Crippen LogP contribution is 2.34. The van der Waals surface area contributed by atoms with Gasteiger partial charge >= 0.3 is 0 Å². The van der Waals surface area contributed by atoms with Crippen LogP contribution in [0.2, 0.25) is 10.2 Å². The van der Waals surface area contributed by atoms with Crippen molar-refractivity contribution in [3.05, 3.63) is 34.7 Å². The molecule has 2 fully saturated rings. The van der Waals surface area contributed by atoms with E-state index in [4.69, 9.17) is 27.9 Å². The minimum atomic E-state index is -0.464. The van der Waals surface area contributed by atoms with Gasteiger partial charge in [0, 0.05) is 44.8 Å². The highest BCUT2D eigenvalue weighted by molar-refractivity contribution is 6.34. The summed E-state index contributed by atoms with van der Waals surface area (Å²) in [6, 6.07) is 3.90. The van der Waals surface area contributed by atoms with Crippen LogP contribution in [0.3, 0.4) is 0 Å². The zero-order valence-corrected chi connectivity index (χ0v) is 19.4. The van der Waals surface area contributed by atoms with E-state index in [1.165, 1.54) is 0 Å². The van der Waals surface area contributed by atoms with E-state index in [1.807, 2.05) is 12.1 Å². The fraction of sp³-hybridized carbons (Fsp3) is 0.476. The largest absolute Gasteiger partial charge is 0.389 e. The van der Waals surface area contributed by atoms with Gasteiger partial charge in [-0.3, -0.25) is 9.58 Å². The van der Waals surface area contributed by atoms with Crippen LogP contribution in [-0.2, 0) is 11.8 Å². The van der Waals surface area contributed by atoms with E-state index in [0.717, 1.165) is 42.8 Å². The summed E-state index contributed by atoms with van der Waals surface area (Å²) in [5, 5.41) is 19.6. The Labute approximate surface area is 195 Å². The first-order valence-electron chi connectivity index (χ1n) is 10.5. The average molecular weight is 478 g/mol. The number of piperazine rings is 1. The van der Waals surface area contributed by atoms with Gasteiger partial charge in [-0.05, 0) is 19.1 Å². The molecular formula is C21H25Cl2N7O2. The van der Waals surface area contributed by atoms with E-state index >= 15 is 0 Å². The monoisotopic (exact) mass is 477 g/mol. The number of aryl methyl sites for hydroxylation is 1. The van der Waals surface area contributed by atoms with Gasteiger partial charge in [0.15, 0.2) is 0 Å². The smallest absolute Gasteiger partial charge is 0.227 e. The predicted octanol–water partition coefficient (Wildman–Crippen LogP) is 2.69. The van der Waals surface area contributed by atoms with Crippen LogP contribution in [0.15, 0.2) is 24.5 Å². The second kappa shape index (κ2) is 8.31. The summed E-state index contributed by atoms with van der Waals surface area (Å²) >= 11 is 12.9. The third-order valence-electron chi connectivity index (χ3n) is 6.49. The van der Waals surface area contributed by atoms with E-state index in [2.05, 4.69) is 37.1 Å². The van der Waals surface area contributed by atoms with Crippen molar-refractivity contribution < 1.29 is 9.84 Å². The highest BCUT2D eigenvalue weighted by Gasteiger charge is 2.44. The quantitative estimate of drug-likeness (QED) is 0.592. The molecule has 0 bridgehead atoms. The van der Waals surface area contributed by atoms with Gasteiger partial charge < -0.3 is 20.1 Å². The molecule has 32 heavy (non-hydrogen) atoms. The summed E-state index contributed by atoms with van der Waals surface area (Å²) < 4.78 is 7.08. The number of nitrogens with zero attached hydrogens (tertiary/aromatic N) is 6. The van der Waals surface area contributed by atoms with Crippen molar-refractivity contribution in [1.29, 1.82) is 0 Å². The molecule has 9 nitrogen and oxygen atoms in total. The lowest BCUT2D eigenvalue weighted by molar-refractivity contribution is 0.00884. The van der Waals surface area contributed by atoms with E-state index in [9.17, 15) is 5.11 Å². The normalized spacial score (nSPS) is 24.4. The molecule has 0 spiro atoms. The number of nitrogens with one attached hydrogen (secondary N) is 1. The van der Waals surface area contributed by atoms with Crippen LogP contribution in [0.1, 0.15) is 6.92 Å². The van der Waals surface area contributed by atoms with Gasteiger partial charge in [-0.25, -0.2) is 9.97 Å². The molecule has 11 heteroatoms. The van der Waals surface area contributed by atoms with Crippen molar-refractivity contribution in [2.24, 2.45) is 7.05 Å². The molecule has 3 aromatic rings. The summed E-state index contributed by atoms with van der Waals surface area (Å²) in [4.78, 5) is 13.6. The maximum absolute atomic E-state index is 10.4. The lowest BCUT2D eigenvalue weighted by Gasteiger charge is -2.45. The van der Waals surface area contributed by atoms with Gasteiger partial charge in [0.1, 0.15) is 5.15 Å². The number of hydrogen-bond acceptors (Lipinski definition) is 8. The van der Waals surface area contributed by atoms with Crippen molar-refractivity contribution in [2.75, 3.05) is 49.6 Å². The third kappa shape index (κ3) is 3.78. The zero-order valence-electron chi connectivity index (χ0n) is 17.9. The average Bonchev–Trinajstić information content (AvgIpc) is 3.30. The molecule has 170 valence electrons. The summed E-state index contributed by atoms with van der Waals surface area (Å²) in [5.74, 6) is 0.439. The van der Waals surface area contributed by atoms with Gasteiger partial charge in [-0.2, -0.15) is 5.10 Å². The minimum Gasteiger partial charge on any atom is -0.389 e. The predicted molar refractivity (Wildman–Crippen MR) is 125 cm³/mol. The Morgan fingerprint density at radius 2 is 1.97 bits per heavy atom. The van der Waals surface area contributed by atoms with Crippen LogP contribution in [0.25, 0.3) is 10.9 Å². The Bertz CT molecular complexity index is 1150. The summed E-state index contributed by atoms with van der Waals surface area (Å²) in [6.07, 6.45) is 2.91. The number of aromatic nitrogens is 4. The molecule has 2 atom stereocenters. The molecule has 2 aliphatic rings. The number of hydrogen-bond donors (Lipinski definition) is 2. The maximum atomic E-state index is 10.4. The highest BCUT2D eigenvalue weighted by atomic mass is 35.5. The Morgan fingerprint density at radius 3 is 2.62 bits per heavy atom. The van der Waals surface area contributed by atoms with Crippen molar-refractivity contribution in [2.45, 2.75) is 18.6 Å². The van der Waals surface area contributed by atoms with Gasteiger partial charge in [-0.15, -0.1) is 0 Å². The standard InChI is InChI=1S/C21H25Cl2N7O2/c1-21(12-32-11-18(21)31)30-5-3-29(4-6-30)17-8-15-13(7-14(17)22)9-24-20(26-15)27-16-10-25-28(2)19(16)23/h7-10,18,31H,3-6,11-12H2,1-2H3,(H,24,26,27)/t18-,21+/m1/s1. The molecule has 2 N–H and O–H groups in total. The number of anilines is 3. The third-order valence-corrected chi connectivity index (χ3v) is 7.24. The molecule has 2 aromatic heterocycles. The molecule has 1 aromatic carbocycles. The number of ether oxygens (including phenoxy) is 1. The Kier molecular flexibility index (Phi) is 5.63. The fourth-order valence-electron chi connectivity index (χ4n) is 4.38. The number of benzene rings is 1. The van der Waals surface area contributed by atoms with Gasteiger partial charge in [0.25, 0.3) is 0 Å². The lowest BCUT2D eigenvalue weighted by atomic mass is 9.95. The van der Waals surface area contributed by atoms with Crippen molar-refractivity contribution in [1.82, 2.24) is 24.6 Å². The van der Waals surface area contributed by atoms with Crippen LogP contribution in [0, 0.1) is 0 Å². The fourth-order valence-corrected chi connectivity index (χ4v) is 4.81. The molecule has 0 amide bonds. The molecule has 2 aliphatic heterocycles. The van der Waals surface area contributed by atoms with E-state index in [1.54, 1.807) is 24.1 Å². The number of rotatable bonds is 4. The van der Waals surface area contributed by atoms with E-state index in [0.29, 0.717) is 35.0 Å². The molecule has 0 unspecified atom stereocenters. The zero-order chi connectivity index (χ0) is 22.5. The second-order valence-electron chi connectivity index (χ2n) is 8.52. The summed E-state index contributed by atoms with van der Waals surface area (Å²) in [7, 11) is 1.77. The Morgan fingerprint density at radius 1 is 1.19 bits per heavy atom. The minimum absolute atomic E-state index is 0.333. The lowest BCUT2D eigenvalue weighted by Crippen LogP contribution is -2.60. The first-order valence-corrected chi connectivity index (χ1v) is 11.3. The first-order chi connectivity index (χ1) is 15.3. The van der Waals surface area contributed by atoms with Crippen molar-refractivity contribution >= 4 is 51.4 Å². The Hall–Kier alpha value is -2.17. The van der Waals surface area contributed by atoms with E-state index < -0.39 is 6.10 Å². The van der Waals surface area contributed by atoms with Gasteiger partial charge in [-0.1, -0.05) is 23.2 Å². The van der Waals surface area contributed by atoms with Crippen LogP contribution in [0.5, 0.6) is 0 Å². The number of aliphatic hydroxyl groups is 1. The first kappa shape index (κ1) is 21.7. The SMILES string of the molecule is Cn1ncc(Nc2ncc3cc(Cl)c(N4CCN([C@@]5(C)COC[C@H]5O)CC4)cc3n2)c1Cl.